The summed E-state index contributed by atoms with van der Waals surface area (Å²) < 4.78 is 0. The van der Waals surface area contributed by atoms with Crippen LogP contribution in [0.4, 0.5) is 5.82 Å². The van der Waals surface area contributed by atoms with Gasteiger partial charge in [0.15, 0.2) is 0 Å². The van der Waals surface area contributed by atoms with E-state index < -0.39 is 6.10 Å². The number of nitrogen functional groups attached to an aromatic ring is 1. The number of aliphatic hydroxyl groups is 1. The molecule has 5 nitrogen and oxygen atoms in total. The number of nitrogens with two attached hydrogens (primary N) is 1. The molecule has 0 radical (unpaired) electrons. The van der Waals surface area contributed by atoms with Crippen LogP contribution < -0.4 is 5.73 Å². The second-order valence-corrected chi connectivity index (χ2v) is 5.28. The lowest BCUT2D eigenvalue weighted by Crippen LogP contribution is -2.62. The van der Waals surface area contributed by atoms with Gasteiger partial charge < -0.3 is 10.8 Å². The molecule has 3 aliphatic heterocycles. The lowest BCUT2D eigenvalue weighted by molar-refractivity contribution is -0.0470. The maximum Gasteiger partial charge on any atom is 0.129 e. The fourth-order valence-corrected chi connectivity index (χ4v) is 3.12. The Balaban J connectivity index is 1.88. The molecule has 3 saturated heterocycles. The van der Waals surface area contributed by atoms with E-state index >= 15 is 0 Å². The van der Waals surface area contributed by atoms with Gasteiger partial charge in [-0.05, 0) is 18.6 Å². The molecule has 0 saturated carbocycles. The first-order chi connectivity index (χ1) is 8.66. The molecule has 4 heterocycles. The highest BCUT2D eigenvalue weighted by atomic mass is 16.3. The van der Waals surface area contributed by atoms with Gasteiger partial charge in [-0.15, -0.1) is 0 Å². The molecule has 1 aromatic heterocycles. The second-order valence-electron chi connectivity index (χ2n) is 5.28. The summed E-state index contributed by atoms with van der Waals surface area (Å²) in [7, 11) is 0. The minimum atomic E-state index is -0.540. The van der Waals surface area contributed by atoms with E-state index in [1.165, 1.54) is 0 Å². The SMILES string of the molecule is Cc1ccnc(N)c1C(O)C1CN2CCN1CC2. The van der Waals surface area contributed by atoms with Crippen LogP contribution in [-0.4, -0.2) is 58.7 Å². The van der Waals surface area contributed by atoms with Gasteiger partial charge in [0.2, 0.25) is 0 Å². The van der Waals surface area contributed by atoms with E-state index in [2.05, 4.69) is 14.8 Å². The van der Waals surface area contributed by atoms with E-state index in [1.807, 2.05) is 13.0 Å². The van der Waals surface area contributed by atoms with Gasteiger partial charge in [0.25, 0.3) is 0 Å². The molecule has 0 spiro atoms. The average Bonchev–Trinajstić information content (AvgIpc) is 2.39. The molecule has 18 heavy (non-hydrogen) atoms. The van der Waals surface area contributed by atoms with Gasteiger partial charge in [-0.2, -0.15) is 0 Å². The Morgan fingerprint density at radius 2 is 2.11 bits per heavy atom. The van der Waals surface area contributed by atoms with Gasteiger partial charge in [-0.3, -0.25) is 9.80 Å². The van der Waals surface area contributed by atoms with Crippen LogP contribution in [0.2, 0.25) is 0 Å². The number of aromatic nitrogens is 1. The lowest BCUT2D eigenvalue weighted by Gasteiger charge is -2.49. The van der Waals surface area contributed by atoms with Crippen LogP contribution in [0.25, 0.3) is 0 Å². The standard InChI is InChI=1S/C13H20N4O/c1-9-2-3-15-13(14)11(9)12(18)10-8-16-4-6-17(10)7-5-16/h2-3,10,12,18H,4-8H2,1H3,(H2,14,15). The van der Waals surface area contributed by atoms with Crippen molar-refractivity contribution in [2.45, 2.75) is 19.1 Å². The summed E-state index contributed by atoms with van der Waals surface area (Å²) in [6.07, 6.45) is 1.15. The minimum Gasteiger partial charge on any atom is -0.387 e. The Labute approximate surface area is 107 Å². The van der Waals surface area contributed by atoms with Gasteiger partial charge >= 0.3 is 0 Å². The van der Waals surface area contributed by atoms with E-state index in [0.717, 1.165) is 43.9 Å². The molecular formula is C13H20N4O. The summed E-state index contributed by atoms with van der Waals surface area (Å²) in [5.74, 6) is 0.458. The summed E-state index contributed by atoms with van der Waals surface area (Å²) >= 11 is 0. The normalized spacial score (nSPS) is 32.4. The Kier molecular flexibility index (Phi) is 2.97. The highest BCUT2D eigenvalue weighted by Gasteiger charge is 2.37. The molecule has 0 amide bonds. The molecule has 4 rings (SSSR count). The Morgan fingerprint density at radius 3 is 2.67 bits per heavy atom. The number of fused-ring (bicyclic) bond motifs is 3. The zero-order chi connectivity index (χ0) is 12.7. The summed E-state index contributed by atoms with van der Waals surface area (Å²) in [4.78, 5) is 8.89. The number of piperazine rings is 3. The lowest BCUT2D eigenvalue weighted by atomic mass is 9.94. The number of anilines is 1. The first-order valence-corrected chi connectivity index (χ1v) is 6.52. The van der Waals surface area contributed by atoms with E-state index in [1.54, 1.807) is 6.20 Å². The molecule has 0 aromatic carbocycles. The molecule has 5 heteroatoms. The van der Waals surface area contributed by atoms with Crippen molar-refractivity contribution in [3.05, 3.63) is 23.4 Å². The number of rotatable bonds is 2. The maximum absolute atomic E-state index is 10.6. The summed E-state index contributed by atoms with van der Waals surface area (Å²) in [6.45, 7) is 7.22. The van der Waals surface area contributed by atoms with Crippen molar-refractivity contribution in [2.24, 2.45) is 0 Å². The van der Waals surface area contributed by atoms with Gasteiger partial charge in [0, 0.05) is 44.5 Å². The molecule has 98 valence electrons. The van der Waals surface area contributed by atoms with Gasteiger partial charge in [0.05, 0.1) is 12.1 Å². The number of aliphatic hydroxyl groups excluding tert-OH is 1. The predicted molar refractivity (Wildman–Crippen MR) is 70.1 cm³/mol. The van der Waals surface area contributed by atoms with Gasteiger partial charge in [-0.1, -0.05) is 0 Å². The van der Waals surface area contributed by atoms with Gasteiger partial charge in [-0.25, -0.2) is 4.98 Å². The molecule has 3 fully saturated rings. The van der Waals surface area contributed by atoms with E-state index in [-0.39, 0.29) is 6.04 Å². The third kappa shape index (κ3) is 1.88. The summed E-state index contributed by atoms with van der Waals surface area (Å²) in [5, 5.41) is 10.6. The molecule has 3 aliphatic rings. The Hall–Kier alpha value is -1.17. The molecular weight excluding hydrogens is 228 g/mol. The number of pyridine rings is 1. The van der Waals surface area contributed by atoms with Crippen molar-refractivity contribution in [1.82, 2.24) is 14.8 Å². The second kappa shape index (κ2) is 4.50. The third-order valence-corrected chi connectivity index (χ3v) is 4.22. The van der Waals surface area contributed by atoms with E-state index in [4.69, 9.17) is 5.73 Å². The fourth-order valence-electron chi connectivity index (χ4n) is 3.12. The first kappa shape index (κ1) is 11.9. The monoisotopic (exact) mass is 248 g/mol. The predicted octanol–water partition coefficient (Wildman–Crippen LogP) is 0.00542. The first-order valence-electron chi connectivity index (χ1n) is 6.52. The summed E-state index contributed by atoms with van der Waals surface area (Å²) in [6, 6.07) is 2.06. The molecule has 1 aromatic rings. The quantitative estimate of drug-likeness (QED) is 0.771. The summed E-state index contributed by atoms with van der Waals surface area (Å²) in [5.41, 5.74) is 7.75. The van der Waals surface area contributed by atoms with Crippen molar-refractivity contribution in [3.8, 4) is 0 Å². The Morgan fingerprint density at radius 1 is 1.39 bits per heavy atom. The largest absolute Gasteiger partial charge is 0.387 e. The van der Waals surface area contributed by atoms with Crippen molar-refractivity contribution in [2.75, 3.05) is 38.5 Å². The fraction of sp³-hybridized carbons (Fsp3) is 0.615. The zero-order valence-electron chi connectivity index (χ0n) is 10.7. The number of hydrogen-bond donors (Lipinski definition) is 2. The van der Waals surface area contributed by atoms with Crippen LogP contribution in [0.5, 0.6) is 0 Å². The number of hydrogen-bond acceptors (Lipinski definition) is 5. The van der Waals surface area contributed by atoms with E-state index in [0.29, 0.717) is 5.82 Å². The van der Waals surface area contributed by atoms with E-state index in [9.17, 15) is 5.11 Å². The van der Waals surface area contributed by atoms with Crippen molar-refractivity contribution in [3.63, 3.8) is 0 Å². The van der Waals surface area contributed by atoms with Crippen LogP contribution in [0, 0.1) is 6.92 Å². The number of aryl methyl sites for hydroxylation is 1. The molecule has 2 unspecified atom stereocenters. The third-order valence-electron chi connectivity index (χ3n) is 4.22. The zero-order valence-corrected chi connectivity index (χ0v) is 10.7. The van der Waals surface area contributed by atoms with Crippen LogP contribution in [0.15, 0.2) is 12.3 Å². The van der Waals surface area contributed by atoms with Crippen LogP contribution in [0.3, 0.4) is 0 Å². The van der Waals surface area contributed by atoms with Crippen molar-refractivity contribution >= 4 is 5.82 Å². The average molecular weight is 248 g/mol. The molecule has 3 N–H and O–H groups in total. The smallest absolute Gasteiger partial charge is 0.129 e. The molecule has 2 atom stereocenters. The molecule has 2 bridgehead atoms. The number of nitrogens with zero attached hydrogens (tertiary/aromatic N) is 3. The van der Waals surface area contributed by atoms with Crippen LogP contribution >= 0.6 is 0 Å². The van der Waals surface area contributed by atoms with Crippen molar-refractivity contribution in [1.29, 1.82) is 0 Å². The highest BCUT2D eigenvalue weighted by molar-refractivity contribution is 5.46. The van der Waals surface area contributed by atoms with Crippen LogP contribution in [-0.2, 0) is 0 Å². The minimum absolute atomic E-state index is 0.151. The highest BCUT2D eigenvalue weighted by Crippen LogP contribution is 2.31. The topological polar surface area (TPSA) is 65.6 Å². The van der Waals surface area contributed by atoms with Crippen molar-refractivity contribution < 1.29 is 5.11 Å². The Bertz CT molecular complexity index is 422. The van der Waals surface area contributed by atoms with Gasteiger partial charge in [0.1, 0.15) is 5.82 Å². The molecule has 0 aliphatic carbocycles. The maximum atomic E-state index is 10.6. The van der Waals surface area contributed by atoms with Crippen LogP contribution in [0.1, 0.15) is 17.2 Å².